The molecule has 0 aliphatic heterocycles. The van der Waals surface area contributed by atoms with Gasteiger partial charge in [-0.05, 0) is 0 Å². The molecule has 3 nitrogen and oxygen atoms in total. The summed E-state index contributed by atoms with van der Waals surface area (Å²) in [7, 11) is 0. The Bertz CT molecular complexity index is 525. The fourth-order valence-corrected chi connectivity index (χ4v) is 2.05. The fourth-order valence-electron chi connectivity index (χ4n) is 1.68. The number of halogens is 1. The molecule has 0 fully saturated rings. The van der Waals surface area contributed by atoms with Crippen molar-refractivity contribution in [2.45, 2.75) is 0 Å². The Labute approximate surface area is 109 Å². The minimum absolute atomic E-state index is 0.0458. The van der Waals surface area contributed by atoms with Gasteiger partial charge in [-0.2, -0.15) is 12.6 Å². The van der Waals surface area contributed by atoms with Gasteiger partial charge in [-0.15, -0.1) is 0 Å². The summed E-state index contributed by atoms with van der Waals surface area (Å²) >= 11 is 9.95. The van der Waals surface area contributed by atoms with Crippen LogP contribution in [-0.4, -0.2) is 23.9 Å². The zero-order valence-corrected chi connectivity index (χ0v) is 10.5. The molecule has 1 aromatic rings. The Balaban J connectivity index is 2.47. The zero-order valence-electron chi connectivity index (χ0n) is 8.87. The molecule has 0 spiro atoms. The molecule has 0 atom stereocenters. The number of fused-ring (bicyclic) bond motifs is 1. The topological polar surface area (TPSA) is 46.2 Å². The van der Waals surface area contributed by atoms with E-state index < -0.39 is 0 Å². The minimum atomic E-state index is -0.316. The van der Waals surface area contributed by atoms with Crippen LogP contribution < -0.4 is 5.32 Å². The highest BCUT2D eigenvalue weighted by atomic mass is 35.5. The van der Waals surface area contributed by atoms with Gasteiger partial charge >= 0.3 is 0 Å². The summed E-state index contributed by atoms with van der Waals surface area (Å²) in [6, 6.07) is 6.66. The second-order valence-electron chi connectivity index (χ2n) is 3.54. The third-order valence-corrected chi connectivity index (χ3v) is 3.06. The van der Waals surface area contributed by atoms with Crippen LogP contribution in [-0.2, 0) is 0 Å². The van der Waals surface area contributed by atoms with Crippen molar-refractivity contribution in [2.24, 2.45) is 0 Å². The summed E-state index contributed by atoms with van der Waals surface area (Å²) in [5.41, 5.74) is 0.923. The molecule has 0 bridgehead atoms. The minimum Gasteiger partial charge on any atom is -0.380 e. The molecular weight excluding hydrogens is 258 g/mol. The number of allylic oxidation sites excluding steroid dienone is 2. The first-order valence-electron chi connectivity index (χ1n) is 5.09. The first-order valence-corrected chi connectivity index (χ1v) is 6.10. The van der Waals surface area contributed by atoms with Gasteiger partial charge < -0.3 is 5.32 Å². The molecule has 0 aromatic heterocycles. The van der Waals surface area contributed by atoms with Gasteiger partial charge in [0.1, 0.15) is 10.7 Å². The van der Waals surface area contributed by atoms with Crippen LogP contribution in [0.1, 0.15) is 20.7 Å². The van der Waals surface area contributed by atoms with Crippen molar-refractivity contribution in [3.8, 4) is 0 Å². The number of carbonyl (C=O) groups is 2. The summed E-state index contributed by atoms with van der Waals surface area (Å²) in [6.45, 7) is 0.482. The van der Waals surface area contributed by atoms with Crippen molar-refractivity contribution in [3.05, 3.63) is 46.1 Å². The smallest absolute Gasteiger partial charge is 0.211 e. The molecule has 0 unspecified atom stereocenters. The van der Waals surface area contributed by atoms with Crippen LogP contribution in [0.25, 0.3) is 0 Å². The predicted octanol–water partition coefficient (Wildman–Crippen LogP) is 2.04. The molecular formula is C12H10ClNO2S. The highest BCUT2D eigenvalue weighted by Crippen LogP contribution is 2.26. The Morgan fingerprint density at radius 3 is 2.29 bits per heavy atom. The lowest BCUT2D eigenvalue weighted by molar-refractivity contribution is 0.0975. The maximum Gasteiger partial charge on any atom is 0.211 e. The van der Waals surface area contributed by atoms with Gasteiger partial charge in [-0.1, -0.05) is 35.9 Å². The molecule has 0 saturated carbocycles. The molecule has 0 saturated heterocycles. The fraction of sp³-hybridized carbons (Fsp3) is 0.167. The number of nitrogens with one attached hydrogen (secondary N) is 1. The first kappa shape index (κ1) is 12.2. The van der Waals surface area contributed by atoms with E-state index in [-0.39, 0.29) is 22.3 Å². The van der Waals surface area contributed by atoms with Crippen molar-refractivity contribution in [2.75, 3.05) is 12.3 Å². The van der Waals surface area contributed by atoms with Crippen LogP contribution in [0.2, 0.25) is 0 Å². The van der Waals surface area contributed by atoms with Crippen LogP contribution >= 0.6 is 24.2 Å². The van der Waals surface area contributed by atoms with Crippen LogP contribution in [0.3, 0.4) is 0 Å². The SMILES string of the molecule is O=C1C(Cl)=C(NCCS)C(=O)c2ccccc21. The molecule has 5 heteroatoms. The van der Waals surface area contributed by atoms with Crippen molar-refractivity contribution in [1.29, 1.82) is 0 Å². The van der Waals surface area contributed by atoms with Crippen LogP contribution in [0.5, 0.6) is 0 Å². The second-order valence-corrected chi connectivity index (χ2v) is 4.37. The quantitative estimate of drug-likeness (QED) is 0.824. The molecule has 1 N–H and O–H groups in total. The van der Waals surface area contributed by atoms with Crippen molar-refractivity contribution in [3.63, 3.8) is 0 Å². The number of hydrogen-bond acceptors (Lipinski definition) is 4. The Morgan fingerprint density at radius 2 is 1.71 bits per heavy atom. The van der Waals surface area contributed by atoms with E-state index in [1.54, 1.807) is 24.3 Å². The Hall–Kier alpha value is -1.26. The number of Topliss-reactive ketones (excluding diaryl/α,β-unsaturated/α-hetero) is 2. The van der Waals surface area contributed by atoms with E-state index in [0.717, 1.165) is 0 Å². The predicted molar refractivity (Wildman–Crippen MR) is 69.8 cm³/mol. The maximum absolute atomic E-state index is 12.1. The number of thiol groups is 1. The van der Waals surface area contributed by atoms with Crippen molar-refractivity contribution < 1.29 is 9.59 Å². The van der Waals surface area contributed by atoms with E-state index in [0.29, 0.717) is 23.4 Å². The van der Waals surface area contributed by atoms with E-state index in [9.17, 15) is 9.59 Å². The van der Waals surface area contributed by atoms with Gasteiger partial charge in [0, 0.05) is 23.4 Å². The molecule has 88 valence electrons. The van der Waals surface area contributed by atoms with Crippen LogP contribution in [0.15, 0.2) is 35.0 Å². The molecule has 0 heterocycles. The molecule has 2 rings (SSSR count). The van der Waals surface area contributed by atoms with Crippen molar-refractivity contribution >= 4 is 35.8 Å². The Morgan fingerprint density at radius 1 is 1.12 bits per heavy atom. The van der Waals surface area contributed by atoms with Gasteiger partial charge in [0.15, 0.2) is 0 Å². The number of benzene rings is 1. The first-order chi connectivity index (χ1) is 8.16. The van der Waals surface area contributed by atoms with E-state index in [1.807, 2.05) is 0 Å². The monoisotopic (exact) mass is 267 g/mol. The van der Waals surface area contributed by atoms with E-state index in [2.05, 4.69) is 17.9 Å². The number of ketones is 2. The van der Waals surface area contributed by atoms with Gasteiger partial charge in [-0.3, -0.25) is 9.59 Å². The van der Waals surface area contributed by atoms with Gasteiger partial charge in [0.25, 0.3) is 0 Å². The molecule has 1 aromatic carbocycles. The average molecular weight is 268 g/mol. The summed E-state index contributed by atoms with van der Waals surface area (Å²) in [5, 5.41) is 2.80. The summed E-state index contributed by atoms with van der Waals surface area (Å²) < 4.78 is 0. The molecule has 1 aliphatic carbocycles. The van der Waals surface area contributed by atoms with Crippen LogP contribution in [0.4, 0.5) is 0 Å². The van der Waals surface area contributed by atoms with Gasteiger partial charge in [0.05, 0.1) is 0 Å². The van der Waals surface area contributed by atoms with Crippen molar-refractivity contribution in [1.82, 2.24) is 5.32 Å². The van der Waals surface area contributed by atoms with Gasteiger partial charge in [0.2, 0.25) is 11.6 Å². The molecule has 17 heavy (non-hydrogen) atoms. The lowest BCUT2D eigenvalue weighted by atomic mass is 9.92. The van der Waals surface area contributed by atoms with Gasteiger partial charge in [-0.25, -0.2) is 0 Å². The third-order valence-electron chi connectivity index (χ3n) is 2.48. The van der Waals surface area contributed by atoms with E-state index in [4.69, 9.17) is 11.6 Å². The number of carbonyl (C=O) groups excluding carboxylic acids is 2. The lowest BCUT2D eigenvalue weighted by Gasteiger charge is -2.18. The van der Waals surface area contributed by atoms with E-state index >= 15 is 0 Å². The van der Waals surface area contributed by atoms with E-state index in [1.165, 1.54) is 0 Å². The lowest BCUT2D eigenvalue weighted by Crippen LogP contribution is -2.30. The highest BCUT2D eigenvalue weighted by Gasteiger charge is 2.30. The maximum atomic E-state index is 12.1. The highest BCUT2D eigenvalue weighted by molar-refractivity contribution is 7.80. The average Bonchev–Trinajstić information content (AvgIpc) is 2.36. The summed E-state index contributed by atoms with van der Waals surface area (Å²) in [4.78, 5) is 24.0. The second kappa shape index (κ2) is 4.94. The number of rotatable bonds is 3. The number of hydrogen-bond donors (Lipinski definition) is 2. The van der Waals surface area contributed by atoms with Crippen LogP contribution in [0, 0.1) is 0 Å². The molecule has 0 radical (unpaired) electrons. The normalized spacial score (nSPS) is 14.9. The molecule has 0 amide bonds. The zero-order chi connectivity index (χ0) is 12.4. The largest absolute Gasteiger partial charge is 0.380 e. The third kappa shape index (κ3) is 2.10. The summed E-state index contributed by atoms with van der Waals surface area (Å²) in [5.74, 6) is -0.00734. The molecule has 1 aliphatic rings. The summed E-state index contributed by atoms with van der Waals surface area (Å²) in [6.07, 6.45) is 0. The Kier molecular flexibility index (Phi) is 3.54. The standard InChI is InChI=1S/C12H10ClNO2S/c13-9-10(14-5-6-17)12(16)8-4-2-1-3-7(8)11(9)15/h1-4,14,17H,5-6H2.